The number of hydrogen-bond donors (Lipinski definition) is 2. The van der Waals surface area contributed by atoms with E-state index in [1.165, 1.54) is 6.07 Å². The van der Waals surface area contributed by atoms with Gasteiger partial charge in [0.2, 0.25) is 0 Å². The summed E-state index contributed by atoms with van der Waals surface area (Å²) >= 11 is 6.02. The van der Waals surface area contributed by atoms with E-state index in [2.05, 4.69) is 5.32 Å². The van der Waals surface area contributed by atoms with Crippen molar-refractivity contribution in [3.8, 4) is 0 Å². The number of anilines is 1. The Morgan fingerprint density at radius 3 is 2.65 bits per heavy atom. The van der Waals surface area contributed by atoms with Crippen LogP contribution in [-0.4, -0.2) is 12.1 Å². The predicted molar refractivity (Wildman–Crippen MR) is 72.1 cm³/mol. The van der Waals surface area contributed by atoms with Crippen molar-refractivity contribution in [1.29, 1.82) is 0 Å². The van der Waals surface area contributed by atoms with E-state index in [0.717, 1.165) is 19.4 Å². The first-order valence-electron chi connectivity index (χ1n) is 5.78. The van der Waals surface area contributed by atoms with Gasteiger partial charge >= 0.3 is 0 Å². The Bertz CT molecular complexity index is 386. The Morgan fingerprint density at radius 1 is 1.41 bits per heavy atom. The van der Waals surface area contributed by atoms with Crippen molar-refractivity contribution in [2.75, 3.05) is 11.9 Å². The molecule has 1 rings (SSSR count). The molecule has 0 radical (unpaired) electrons. The second kappa shape index (κ2) is 5.69. The topological polar surface area (TPSA) is 38.0 Å². The molecule has 0 aliphatic heterocycles. The lowest BCUT2D eigenvalue weighted by atomic mass is 10.0. The van der Waals surface area contributed by atoms with Gasteiger partial charge in [-0.2, -0.15) is 0 Å². The molecule has 0 fully saturated rings. The predicted octanol–water partition coefficient (Wildman–Crippen LogP) is 3.72. The van der Waals surface area contributed by atoms with Crippen LogP contribution in [0, 0.1) is 12.7 Å². The highest BCUT2D eigenvalue weighted by Crippen LogP contribution is 2.25. The highest BCUT2D eigenvalue weighted by Gasteiger charge is 2.10. The van der Waals surface area contributed by atoms with Crippen LogP contribution in [0.5, 0.6) is 0 Å². The number of benzene rings is 1. The lowest BCUT2D eigenvalue weighted by Crippen LogP contribution is -2.32. The molecule has 3 N–H and O–H groups in total. The quantitative estimate of drug-likeness (QED) is 0.790. The smallest absolute Gasteiger partial charge is 0.128 e. The lowest BCUT2D eigenvalue weighted by Gasteiger charge is -2.18. The first-order chi connectivity index (χ1) is 7.79. The number of nitrogens with one attached hydrogen (secondary N) is 1. The number of aryl methyl sites for hydroxylation is 1. The van der Waals surface area contributed by atoms with Crippen LogP contribution in [0.2, 0.25) is 5.02 Å². The highest BCUT2D eigenvalue weighted by atomic mass is 35.5. The molecule has 17 heavy (non-hydrogen) atoms. The van der Waals surface area contributed by atoms with Crippen LogP contribution >= 0.6 is 11.6 Å². The fourth-order valence-electron chi connectivity index (χ4n) is 1.55. The van der Waals surface area contributed by atoms with Gasteiger partial charge in [-0.3, -0.25) is 0 Å². The Morgan fingerprint density at radius 2 is 2.06 bits per heavy atom. The molecule has 0 atom stereocenters. The Hall–Kier alpha value is -0.800. The van der Waals surface area contributed by atoms with Gasteiger partial charge in [0.05, 0.1) is 10.7 Å². The van der Waals surface area contributed by atoms with E-state index in [-0.39, 0.29) is 11.4 Å². The molecular formula is C13H20ClFN2. The van der Waals surface area contributed by atoms with Gasteiger partial charge in [-0.25, -0.2) is 4.39 Å². The van der Waals surface area contributed by atoms with E-state index < -0.39 is 0 Å². The van der Waals surface area contributed by atoms with E-state index in [1.807, 2.05) is 13.8 Å². The van der Waals surface area contributed by atoms with Gasteiger partial charge in [0.25, 0.3) is 0 Å². The molecule has 0 bridgehead atoms. The maximum absolute atomic E-state index is 13.3. The average Bonchev–Trinajstić information content (AvgIpc) is 2.18. The maximum atomic E-state index is 13.3. The largest absolute Gasteiger partial charge is 0.384 e. The fraction of sp³-hybridized carbons (Fsp3) is 0.538. The third-order valence-corrected chi connectivity index (χ3v) is 2.87. The van der Waals surface area contributed by atoms with E-state index in [9.17, 15) is 4.39 Å². The fourth-order valence-corrected chi connectivity index (χ4v) is 1.83. The van der Waals surface area contributed by atoms with Crippen LogP contribution in [0.15, 0.2) is 12.1 Å². The Balaban J connectivity index is 2.50. The molecule has 0 saturated heterocycles. The van der Waals surface area contributed by atoms with Crippen molar-refractivity contribution in [2.45, 2.75) is 39.2 Å². The zero-order valence-electron chi connectivity index (χ0n) is 10.6. The van der Waals surface area contributed by atoms with E-state index in [4.69, 9.17) is 17.3 Å². The first-order valence-corrected chi connectivity index (χ1v) is 6.16. The van der Waals surface area contributed by atoms with Crippen LogP contribution in [0.25, 0.3) is 0 Å². The summed E-state index contributed by atoms with van der Waals surface area (Å²) < 4.78 is 13.3. The molecule has 0 aliphatic rings. The SMILES string of the molecule is Cc1cc(Cl)c(NCCCC(C)(C)N)cc1F. The molecule has 4 heteroatoms. The molecule has 0 saturated carbocycles. The second-order valence-electron chi connectivity index (χ2n) is 5.10. The van der Waals surface area contributed by atoms with Gasteiger partial charge in [-0.1, -0.05) is 11.6 Å². The lowest BCUT2D eigenvalue weighted by molar-refractivity contribution is 0.465. The molecule has 0 heterocycles. The molecule has 1 aromatic rings. The minimum absolute atomic E-state index is 0.163. The molecule has 1 aromatic carbocycles. The minimum atomic E-state index is -0.240. The van der Waals surface area contributed by atoms with Gasteiger partial charge in [-0.05, 0) is 51.3 Å². The summed E-state index contributed by atoms with van der Waals surface area (Å²) in [6.07, 6.45) is 1.83. The van der Waals surface area contributed by atoms with Gasteiger partial charge in [0.1, 0.15) is 5.82 Å². The summed E-state index contributed by atoms with van der Waals surface area (Å²) in [7, 11) is 0. The van der Waals surface area contributed by atoms with E-state index >= 15 is 0 Å². The van der Waals surface area contributed by atoms with E-state index in [0.29, 0.717) is 16.3 Å². The summed E-state index contributed by atoms with van der Waals surface area (Å²) in [5.74, 6) is -0.240. The maximum Gasteiger partial charge on any atom is 0.128 e. The Kier molecular flexibility index (Phi) is 4.78. The normalized spacial score (nSPS) is 11.6. The third kappa shape index (κ3) is 4.92. The minimum Gasteiger partial charge on any atom is -0.384 e. The molecule has 0 amide bonds. The zero-order valence-corrected chi connectivity index (χ0v) is 11.4. The highest BCUT2D eigenvalue weighted by molar-refractivity contribution is 6.33. The standard InChI is InChI=1S/C13H20ClFN2/c1-9-7-10(14)12(8-11(9)15)17-6-4-5-13(2,3)16/h7-8,17H,4-6,16H2,1-3H3. The molecule has 0 aromatic heterocycles. The van der Waals surface area contributed by atoms with Gasteiger partial charge in [0, 0.05) is 12.1 Å². The number of hydrogen-bond acceptors (Lipinski definition) is 2. The van der Waals surface area contributed by atoms with Crippen molar-refractivity contribution in [3.05, 3.63) is 28.5 Å². The van der Waals surface area contributed by atoms with Gasteiger partial charge in [-0.15, -0.1) is 0 Å². The molecule has 0 spiro atoms. The van der Waals surface area contributed by atoms with Crippen LogP contribution < -0.4 is 11.1 Å². The van der Waals surface area contributed by atoms with Crippen molar-refractivity contribution < 1.29 is 4.39 Å². The van der Waals surface area contributed by atoms with Crippen LogP contribution in [0.4, 0.5) is 10.1 Å². The summed E-state index contributed by atoms with van der Waals surface area (Å²) in [5.41, 5.74) is 6.91. The monoisotopic (exact) mass is 258 g/mol. The van der Waals surface area contributed by atoms with Crippen LogP contribution in [0.3, 0.4) is 0 Å². The summed E-state index contributed by atoms with van der Waals surface area (Å²) in [6.45, 7) is 6.42. The van der Waals surface area contributed by atoms with Gasteiger partial charge < -0.3 is 11.1 Å². The summed E-state index contributed by atoms with van der Waals surface area (Å²) in [4.78, 5) is 0. The molecule has 2 nitrogen and oxygen atoms in total. The number of nitrogens with two attached hydrogens (primary N) is 1. The molecule has 0 unspecified atom stereocenters. The summed E-state index contributed by atoms with van der Waals surface area (Å²) in [6, 6.07) is 3.07. The second-order valence-corrected chi connectivity index (χ2v) is 5.51. The van der Waals surface area contributed by atoms with E-state index in [1.54, 1.807) is 13.0 Å². The van der Waals surface area contributed by atoms with Crippen molar-refractivity contribution in [1.82, 2.24) is 0 Å². The summed E-state index contributed by atoms with van der Waals surface area (Å²) in [5, 5.41) is 3.68. The van der Waals surface area contributed by atoms with Crippen molar-refractivity contribution >= 4 is 17.3 Å². The van der Waals surface area contributed by atoms with Gasteiger partial charge in [0.15, 0.2) is 0 Å². The Labute approximate surface area is 107 Å². The number of halogens is 2. The third-order valence-electron chi connectivity index (χ3n) is 2.56. The molecule has 0 aliphatic carbocycles. The average molecular weight is 259 g/mol. The van der Waals surface area contributed by atoms with Crippen molar-refractivity contribution in [2.24, 2.45) is 5.73 Å². The first kappa shape index (κ1) is 14.3. The number of rotatable bonds is 5. The van der Waals surface area contributed by atoms with Crippen molar-refractivity contribution in [3.63, 3.8) is 0 Å². The van der Waals surface area contributed by atoms with Crippen LogP contribution in [0.1, 0.15) is 32.3 Å². The molecular weight excluding hydrogens is 239 g/mol. The van der Waals surface area contributed by atoms with Crippen LogP contribution in [-0.2, 0) is 0 Å². The zero-order chi connectivity index (χ0) is 13.1. The molecule has 96 valence electrons.